The predicted octanol–water partition coefficient (Wildman–Crippen LogP) is 2.62. The van der Waals surface area contributed by atoms with Gasteiger partial charge in [0.25, 0.3) is 0 Å². The van der Waals surface area contributed by atoms with Gasteiger partial charge in [0.05, 0.1) is 6.42 Å². The average Bonchev–Trinajstić information content (AvgIpc) is 3.05. The lowest BCUT2D eigenvalue weighted by molar-refractivity contribution is 0.246. The highest BCUT2D eigenvalue weighted by Crippen LogP contribution is 2.55. The summed E-state index contributed by atoms with van der Waals surface area (Å²) in [5, 5.41) is 3.24. The number of sulfone groups is 1. The van der Waals surface area contributed by atoms with Gasteiger partial charge in [-0.3, -0.25) is 0 Å². The van der Waals surface area contributed by atoms with Crippen LogP contribution >= 0.6 is 0 Å². The van der Waals surface area contributed by atoms with E-state index in [1.807, 2.05) is 0 Å². The van der Waals surface area contributed by atoms with Crippen molar-refractivity contribution in [2.24, 2.45) is 5.16 Å². The molecular weight excluding hydrogens is 288 g/mol. The molecule has 1 heterocycles. The van der Waals surface area contributed by atoms with Crippen molar-refractivity contribution in [3.8, 4) is 0 Å². The maximum absolute atomic E-state index is 13.9. The first-order chi connectivity index (χ1) is 9.38. The lowest BCUT2D eigenvalue weighted by Gasteiger charge is -2.17. The molecule has 20 heavy (non-hydrogen) atoms. The number of hydrogen-bond donors (Lipinski definition) is 0. The summed E-state index contributed by atoms with van der Waals surface area (Å²) in [4.78, 5) is 4.70. The molecule has 0 saturated heterocycles. The van der Waals surface area contributed by atoms with E-state index in [9.17, 15) is 17.2 Å². The third-order valence-electron chi connectivity index (χ3n) is 3.57. The molecular formula is C13H11F2NO3S. The van der Waals surface area contributed by atoms with Crippen LogP contribution in [0.15, 0.2) is 35.7 Å². The van der Waals surface area contributed by atoms with Gasteiger partial charge < -0.3 is 4.84 Å². The van der Waals surface area contributed by atoms with E-state index in [0.29, 0.717) is 0 Å². The van der Waals surface area contributed by atoms with Gasteiger partial charge in [-0.2, -0.15) is 0 Å². The first-order valence-electron chi connectivity index (χ1n) is 5.99. The molecule has 1 aliphatic heterocycles. The topological polar surface area (TPSA) is 55.7 Å². The monoisotopic (exact) mass is 299 g/mol. The van der Waals surface area contributed by atoms with Crippen molar-refractivity contribution >= 4 is 14.9 Å². The number of oxime groups is 1. The van der Waals surface area contributed by atoms with E-state index in [1.54, 1.807) is 0 Å². The van der Waals surface area contributed by atoms with E-state index in [4.69, 9.17) is 4.84 Å². The van der Waals surface area contributed by atoms with Crippen LogP contribution in [0.2, 0.25) is 0 Å². The quantitative estimate of drug-likeness (QED) is 0.843. The van der Waals surface area contributed by atoms with E-state index >= 15 is 0 Å². The van der Waals surface area contributed by atoms with Gasteiger partial charge in [0, 0.05) is 5.56 Å². The standard InChI is InChI=1S/C13H11F2NO3S/c1-8-7-11(16-19-8)20(17,18)13(5-6-13)12-9(14)3-2-4-10(12)15/h2-4H,1,5-7H2. The third kappa shape index (κ3) is 1.69. The number of halogens is 2. The summed E-state index contributed by atoms with van der Waals surface area (Å²) in [6, 6.07) is 3.31. The second kappa shape index (κ2) is 4.12. The van der Waals surface area contributed by atoms with E-state index in [-0.39, 0.29) is 30.1 Å². The molecule has 1 aromatic rings. The summed E-state index contributed by atoms with van der Waals surface area (Å²) in [5.74, 6) is -1.51. The van der Waals surface area contributed by atoms with Crippen LogP contribution in [0.25, 0.3) is 0 Å². The summed E-state index contributed by atoms with van der Waals surface area (Å²) in [7, 11) is -3.97. The Morgan fingerprint density at radius 3 is 2.30 bits per heavy atom. The Hall–Kier alpha value is -1.76. The van der Waals surface area contributed by atoms with Crippen molar-refractivity contribution in [1.29, 1.82) is 0 Å². The first kappa shape index (κ1) is 13.2. The molecule has 1 fully saturated rings. The smallest absolute Gasteiger partial charge is 0.205 e. The highest BCUT2D eigenvalue weighted by molar-refractivity contribution is 8.07. The van der Waals surface area contributed by atoms with Crippen LogP contribution in [0.1, 0.15) is 24.8 Å². The van der Waals surface area contributed by atoms with E-state index in [2.05, 4.69) is 11.7 Å². The van der Waals surface area contributed by atoms with Crippen molar-refractivity contribution in [3.63, 3.8) is 0 Å². The normalized spacial score (nSPS) is 20.5. The zero-order valence-electron chi connectivity index (χ0n) is 10.4. The Morgan fingerprint density at radius 2 is 1.85 bits per heavy atom. The second-order valence-corrected chi connectivity index (χ2v) is 7.15. The van der Waals surface area contributed by atoms with Gasteiger partial charge in [-0.25, -0.2) is 17.2 Å². The molecule has 0 unspecified atom stereocenters. The van der Waals surface area contributed by atoms with Crippen LogP contribution < -0.4 is 0 Å². The minimum absolute atomic E-state index is 0.0554. The molecule has 2 aliphatic rings. The van der Waals surface area contributed by atoms with Crippen molar-refractivity contribution in [2.45, 2.75) is 24.0 Å². The van der Waals surface area contributed by atoms with Gasteiger partial charge in [0.2, 0.25) is 9.84 Å². The van der Waals surface area contributed by atoms with Crippen LogP contribution in [0.3, 0.4) is 0 Å². The zero-order chi connectivity index (χ0) is 14.5. The van der Waals surface area contributed by atoms with Gasteiger partial charge >= 0.3 is 0 Å². The minimum atomic E-state index is -3.97. The molecule has 1 aliphatic carbocycles. The van der Waals surface area contributed by atoms with Gasteiger partial charge in [-0.05, 0) is 25.0 Å². The van der Waals surface area contributed by atoms with Gasteiger partial charge in [-0.15, -0.1) is 0 Å². The van der Waals surface area contributed by atoms with Crippen LogP contribution in [0.4, 0.5) is 8.78 Å². The highest BCUT2D eigenvalue weighted by Gasteiger charge is 2.60. The first-order valence-corrected chi connectivity index (χ1v) is 7.47. The molecule has 0 radical (unpaired) electrons. The third-order valence-corrected chi connectivity index (χ3v) is 6.05. The predicted molar refractivity (Wildman–Crippen MR) is 68.5 cm³/mol. The molecule has 106 valence electrons. The molecule has 0 atom stereocenters. The Morgan fingerprint density at radius 1 is 1.25 bits per heavy atom. The average molecular weight is 299 g/mol. The fraction of sp³-hybridized carbons (Fsp3) is 0.308. The molecule has 4 nitrogen and oxygen atoms in total. The number of hydrogen-bond acceptors (Lipinski definition) is 4. The molecule has 0 aromatic heterocycles. The van der Waals surface area contributed by atoms with Crippen LogP contribution in [-0.4, -0.2) is 13.5 Å². The molecule has 0 N–H and O–H groups in total. The zero-order valence-corrected chi connectivity index (χ0v) is 11.2. The van der Waals surface area contributed by atoms with Gasteiger partial charge in [0.1, 0.15) is 22.1 Å². The summed E-state index contributed by atoms with van der Waals surface area (Å²) in [5.41, 5.74) is -0.403. The molecule has 0 spiro atoms. The van der Waals surface area contributed by atoms with E-state index in [0.717, 1.165) is 12.1 Å². The van der Waals surface area contributed by atoms with Crippen molar-refractivity contribution in [3.05, 3.63) is 47.7 Å². The van der Waals surface area contributed by atoms with Crippen molar-refractivity contribution in [2.75, 3.05) is 0 Å². The Kier molecular flexibility index (Phi) is 2.72. The molecule has 1 saturated carbocycles. The van der Waals surface area contributed by atoms with Crippen molar-refractivity contribution < 1.29 is 22.0 Å². The summed E-state index contributed by atoms with van der Waals surface area (Å²) in [6.45, 7) is 3.48. The molecule has 1 aromatic carbocycles. The Labute approximate surface area is 114 Å². The molecule has 0 bridgehead atoms. The number of allylic oxidation sites excluding steroid dienone is 1. The summed E-state index contributed by atoms with van der Waals surface area (Å²) < 4.78 is 51.4. The summed E-state index contributed by atoms with van der Waals surface area (Å²) >= 11 is 0. The number of benzene rings is 1. The summed E-state index contributed by atoms with van der Waals surface area (Å²) in [6.07, 6.45) is 0.275. The molecule has 3 rings (SSSR count). The lowest BCUT2D eigenvalue weighted by atomic mass is 10.1. The number of nitrogens with zero attached hydrogens (tertiary/aromatic N) is 1. The van der Waals surface area contributed by atoms with E-state index in [1.165, 1.54) is 6.07 Å². The second-order valence-electron chi connectivity index (χ2n) is 4.89. The van der Waals surface area contributed by atoms with Crippen LogP contribution in [0, 0.1) is 11.6 Å². The fourth-order valence-electron chi connectivity index (χ4n) is 2.42. The van der Waals surface area contributed by atoms with E-state index < -0.39 is 31.8 Å². The van der Waals surface area contributed by atoms with Crippen LogP contribution in [-0.2, 0) is 19.4 Å². The number of rotatable bonds is 2. The van der Waals surface area contributed by atoms with Crippen molar-refractivity contribution in [1.82, 2.24) is 0 Å². The maximum atomic E-state index is 13.9. The molecule has 0 amide bonds. The highest BCUT2D eigenvalue weighted by atomic mass is 32.2. The molecule has 7 heteroatoms. The Bertz CT molecular complexity index is 716. The van der Waals surface area contributed by atoms with Gasteiger partial charge in [-0.1, -0.05) is 17.8 Å². The van der Waals surface area contributed by atoms with Gasteiger partial charge in [0.15, 0.2) is 5.04 Å². The minimum Gasteiger partial charge on any atom is -0.361 e. The SMILES string of the molecule is C=C1CC(S(=O)(=O)C2(c3c(F)cccc3F)CC2)=NO1. The fourth-order valence-corrected chi connectivity index (χ4v) is 4.46. The lowest BCUT2D eigenvalue weighted by Crippen LogP contribution is -2.29. The Balaban J connectivity index is 2.12. The largest absolute Gasteiger partial charge is 0.361 e. The van der Waals surface area contributed by atoms with Crippen LogP contribution in [0.5, 0.6) is 0 Å². The maximum Gasteiger partial charge on any atom is 0.205 e.